The van der Waals surface area contributed by atoms with Crippen LogP contribution in [-0.2, 0) is 6.18 Å². The summed E-state index contributed by atoms with van der Waals surface area (Å²) in [5.74, 6) is 0.271. The van der Waals surface area contributed by atoms with Gasteiger partial charge in [0.2, 0.25) is 0 Å². The summed E-state index contributed by atoms with van der Waals surface area (Å²) in [6.45, 7) is 0. The maximum absolute atomic E-state index is 12.7. The summed E-state index contributed by atoms with van der Waals surface area (Å²) >= 11 is 0. The zero-order valence-electron chi connectivity index (χ0n) is 12.9. The molecule has 6 nitrogen and oxygen atoms in total. The predicted octanol–water partition coefficient (Wildman–Crippen LogP) is 3.45. The molecule has 4 heterocycles. The molecule has 4 aromatic rings. The molecule has 0 saturated heterocycles. The van der Waals surface area contributed by atoms with Crippen molar-refractivity contribution in [2.24, 2.45) is 0 Å². The van der Waals surface area contributed by atoms with Gasteiger partial charge in [0, 0.05) is 29.5 Å². The molecule has 4 rings (SSSR count). The van der Waals surface area contributed by atoms with Gasteiger partial charge in [0.15, 0.2) is 18.0 Å². The molecule has 4 aromatic heterocycles. The summed E-state index contributed by atoms with van der Waals surface area (Å²) in [6, 6.07) is 7.20. The summed E-state index contributed by atoms with van der Waals surface area (Å²) in [7, 11) is 0. The fourth-order valence-corrected chi connectivity index (χ4v) is 2.54. The van der Waals surface area contributed by atoms with Crippen molar-refractivity contribution in [3.05, 3.63) is 71.4 Å². The zero-order valence-corrected chi connectivity index (χ0v) is 12.9. The Hall–Kier alpha value is -3.49. The summed E-state index contributed by atoms with van der Waals surface area (Å²) in [5.41, 5.74) is -0.930. The zero-order chi connectivity index (χ0) is 18.3. The lowest BCUT2D eigenvalue weighted by Crippen LogP contribution is -2.19. The molecule has 0 aliphatic carbocycles. The van der Waals surface area contributed by atoms with Crippen LogP contribution in [0.15, 0.2) is 64.5 Å². The monoisotopic (exact) mass is 358 g/mol. The number of fused-ring (bicyclic) bond motifs is 1. The van der Waals surface area contributed by atoms with Crippen molar-refractivity contribution in [1.29, 1.82) is 0 Å². The number of hydrogen-bond acceptors (Lipinski definition) is 5. The lowest BCUT2D eigenvalue weighted by molar-refractivity contribution is -0.141. The highest BCUT2D eigenvalue weighted by Crippen LogP contribution is 2.30. The first-order valence-electron chi connectivity index (χ1n) is 7.39. The summed E-state index contributed by atoms with van der Waals surface area (Å²) in [4.78, 5) is 24.1. The van der Waals surface area contributed by atoms with Gasteiger partial charge in [-0.25, -0.2) is 0 Å². The Morgan fingerprint density at radius 1 is 1.04 bits per heavy atom. The van der Waals surface area contributed by atoms with Crippen LogP contribution in [0.3, 0.4) is 0 Å². The number of alkyl halides is 3. The van der Waals surface area contributed by atoms with Crippen molar-refractivity contribution >= 4 is 10.9 Å². The van der Waals surface area contributed by atoms with E-state index in [0.717, 1.165) is 18.7 Å². The molecule has 0 bridgehead atoms. The molecule has 0 radical (unpaired) electrons. The quantitative estimate of drug-likeness (QED) is 0.549. The molecule has 0 N–H and O–H groups in total. The summed E-state index contributed by atoms with van der Waals surface area (Å²) in [6.07, 6.45) is 0.598. The average Bonchev–Trinajstić information content (AvgIpc) is 3.11. The topological polar surface area (TPSA) is 73.8 Å². The molecular weight excluding hydrogens is 349 g/mol. The third-order valence-corrected chi connectivity index (χ3v) is 3.76. The molecular formula is C17H9F3N4O2. The van der Waals surface area contributed by atoms with Gasteiger partial charge in [-0.2, -0.15) is 18.2 Å². The van der Waals surface area contributed by atoms with E-state index in [1.54, 1.807) is 18.2 Å². The molecule has 0 spiro atoms. The Bertz CT molecular complexity index is 1150. The van der Waals surface area contributed by atoms with Gasteiger partial charge in [-0.1, -0.05) is 6.07 Å². The molecule has 9 heteroatoms. The number of rotatable bonds is 2. The lowest BCUT2D eigenvalue weighted by Gasteiger charge is -2.07. The van der Waals surface area contributed by atoms with Crippen LogP contribution in [0.5, 0.6) is 0 Å². The maximum atomic E-state index is 12.7. The molecule has 130 valence electrons. The Balaban J connectivity index is 1.83. The Labute approximate surface area is 143 Å². The predicted molar refractivity (Wildman–Crippen MR) is 85.6 cm³/mol. The second-order valence-electron chi connectivity index (χ2n) is 5.37. The average molecular weight is 358 g/mol. The number of aromatic nitrogens is 4. The van der Waals surface area contributed by atoms with E-state index in [1.807, 2.05) is 0 Å². The number of hydrogen-bond donors (Lipinski definition) is 0. The van der Waals surface area contributed by atoms with Crippen molar-refractivity contribution < 1.29 is 17.6 Å². The van der Waals surface area contributed by atoms with Crippen LogP contribution in [0, 0.1) is 0 Å². The van der Waals surface area contributed by atoms with E-state index in [1.165, 1.54) is 23.0 Å². The van der Waals surface area contributed by atoms with Crippen molar-refractivity contribution in [3.8, 4) is 17.1 Å². The molecule has 0 atom stereocenters. The second-order valence-corrected chi connectivity index (χ2v) is 5.37. The van der Waals surface area contributed by atoms with E-state index in [-0.39, 0.29) is 22.7 Å². The minimum atomic E-state index is -4.54. The normalized spacial score (nSPS) is 11.8. The van der Waals surface area contributed by atoms with Crippen LogP contribution in [-0.4, -0.2) is 19.5 Å². The number of halogens is 3. The van der Waals surface area contributed by atoms with Crippen LogP contribution in [0.4, 0.5) is 13.2 Å². The van der Waals surface area contributed by atoms with Crippen LogP contribution in [0.1, 0.15) is 5.69 Å². The van der Waals surface area contributed by atoms with Gasteiger partial charge in [-0.3, -0.25) is 19.3 Å². The van der Waals surface area contributed by atoms with Crippen molar-refractivity contribution in [1.82, 2.24) is 19.5 Å². The minimum Gasteiger partial charge on any atom is -0.441 e. The molecule has 0 amide bonds. The second kappa shape index (κ2) is 5.80. The summed E-state index contributed by atoms with van der Waals surface area (Å²) in [5, 5.41) is 0.662. The Morgan fingerprint density at radius 2 is 1.88 bits per heavy atom. The Morgan fingerprint density at radius 3 is 2.62 bits per heavy atom. The maximum Gasteiger partial charge on any atom is 0.433 e. The van der Waals surface area contributed by atoms with E-state index in [2.05, 4.69) is 15.0 Å². The standard InChI is InChI=1S/C17H9F3N4O2/c18-17(19,20)12-4-3-11(8-22-12)14-15(23-9-26-14)24-7-5-10-2-1-6-21-13(10)16(24)25/h1-9H. The van der Waals surface area contributed by atoms with Crippen LogP contribution >= 0.6 is 0 Å². The van der Waals surface area contributed by atoms with Gasteiger partial charge in [0.1, 0.15) is 11.2 Å². The van der Waals surface area contributed by atoms with Crippen molar-refractivity contribution in [2.45, 2.75) is 6.18 Å². The van der Waals surface area contributed by atoms with Crippen molar-refractivity contribution in [2.75, 3.05) is 0 Å². The van der Waals surface area contributed by atoms with Gasteiger partial charge >= 0.3 is 6.18 Å². The van der Waals surface area contributed by atoms with E-state index in [9.17, 15) is 18.0 Å². The van der Waals surface area contributed by atoms with Gasteiger partial charge in [0.25, 0.3) is 5.56 Å². The van der Waals surface area contributed by atoms with Crippen LogP contribution in [0.25, 0.3) is 28.0 Å². The molecule has 0 unspecified atom stereocenters. The lowest BCUT2D eigenvalue weighted by atomic mass is 10.2. The highest BCUT2D eigenvalue weighted by atomic mass is 19.4. The van der Waals surface area contributed by atoms with Gasteiger partial charge in [-0.05, 0) is 24.3 Å². The molecule has 0 aliphatic heterocycles. The van der Waals surface area contributed by atoms with E-state index in [4.69, 9.17) is 4.42 Å². The molecule has 0 saturated carbocycles. The van der Waals surface area contributed by atoms with E-state index >= 15 is 0 Å². The first-order valence-corrected chi connectivity index (χ1v) is 7.39. The number of nitrogens with zero attached hydrogens (tertiary/aromatic N) is 4. The smallest absolute Gasteiger partial charge is 0.433 e. The van der Waals surface area contributed by atoms with Gasteiger partial charge < -0.3 is 4.42 Å². The van der Waals surface area contributed by atoms with E-state index in [0.29, 0.717) is 5.39 Å². The SMILES string of the molecule is O=c1c2ncccc2ccn1-c1ncoc1-c1ccc(C(F)(F)F)nc1. The highest BCUT2D eigenvalue weighted by molar-refractivity contribution is 5.77. The van der Waals surface area contributed by atoms with Crippen molar-refractivity contribution in [3.63, 3.8) is 0 Å². The third-order valence-electron chi connectivity index (χ3n) is 3.76. The first-order chi connectivity index (χ1) is 12.4. The fraction of sp³-hybridized carbons (Fsp3) is 0.0588. The summed E-state index contributed by atoms with van der Waals surface area (Å²) < 4.78 is 44.5. The fourth-order valence-electron chi connectivity index (χ4n) is 2.54. The molecule has 0 aromatic carbocycles. The minimum absolute atomic E-state index is 0.128. The number of pyridine rings is 3. The van der Waals surface area contributed by atoms with Gasteiger partial charge in [-0.15, -0.1) is 0 Å². The van der Waals surface area contributed by atoms with E-state index < -0.39 is 17.4 Å². The van der Waals surface area contributed by atoms with Crippen LogP contribution < -0.4 is 5.56 Å². The first kappa shape index (κ1) is 16.0. The van der Waals surface area contributed by atoms with Crippen LogP contribution in [0.2, 0.25) is 0 Å². The Kier molecular flexibility index (Phi) is 3.57. The molecule has 0 fully saturated rings. The number of oxazole rings is 1. The third kappa shape index (κ3) is 2.63. The molecule has 26 heavy (non-hydrogen) atoms. The van der Waals surface area contributed by atoms with Gasteiger partial charge in [0.05, 0.1) is 0 Å². The largest absolute Gasteiger partial charge is 0.441 e. The molecule has 0 aliphatic rings. The highest BCUT2D eigenvalue weighted by Gasteiger charge is 2.32.